The molecule has 0 bridgehead atoms. The zero-order valence-electron chi connectivity index (χ0n) is 12.5. The smallest absolute Gasteiger partial charge is 0.323 e. The Morgan fingerprint density at radius 3 is 2.73 bits per heavy atom. The Morgan fingerprint density at radius 2 is 2.09 bits per heavy atom. The van der Waals surface area contributed by atoms with Gasteiger partial charge in [-0.25, -0.2) is 4.57 Å². The molecule has 2 aromatic rings. The monoisotopic (exact) mass is 302 g/mol. The zero-order chi connectivity index (χ0) is 16.1. The fraction of sp³-hybridized carbons (Fsp3) is 0.267. The first kappa shape index (κ1) is 15.7. The summed E-state index contributed by atoms with van der Waals surface area (Å²) in [4.78, 5) is 22.5. The first-order valence-electron chi connectivity index (χ1n) is 6.94. The third-order valence-electron chi connectivity index (χ3n) is 3.28. The summed E-state index contributed by atoms with van der Waals surface area (Å²) in [5.41, 5.74) is 1.95. The van der Waals surface area contributed by atoms with Gasteiger partial charge in [0.1, 0.15) is 0 Å². The molecule has 0 spiro atoms. The minimum absolute atomic E-state index is 0.119. The summed E-state index contributed by atoms with van der Waals surface area (Å²) in [6.45, 7) is 3.60. The predicted molar refractivity (Wildman–Crippen MR) is 83.8 cm³/mol. The van der Waals surface area contributed by atoms with Gasteiger partial charge in [-0.15, -0.1) is 0 Å². The van der Waals surface area contributed by atoms with Crippen LogP contribution in [0, 0.1) is 10.1 Å². The molecule has 1 heterocycles. The van der Waals surface area contributed by atoms with Crippen LogP contribution in [0.3, 0.4) is 0 Å². The van der Waals surface area contributed by atoms with Gasteiger partial charge in [-0.2, -0.15) is 0 Å². The van der Waals surface area contributed by atoms with Gasteiger partial charge in [0.25, 0.3) is 5.91 Å². The summed E-state index contributed by atoms with van der Waals surface area (Å²) < 4.78 is 1.26. The number of rotatable bonds is 6. The minimum atomic E-state index is -0.520. The Morgan fingerprint density at radius 1 is 1.32 bits per heavy atom. The lowest BCUT2D eigenvalue weighted by molar-refractivity contribution is -0.391. The predicted octanol–water partition coefficient (Wildman–Crippen LogP) is 2.30. The van der Waals surface area contributed by atoms with Crippen LogP contribution in [0.5, 0.6) is 0 Å². The van der Waals surface area contributed by atoms with E-state index in [-0.39, 0.29) is 17.4 Å². The van der Waals surface area contributed by atoms with E-state index >= 15 is 0 Å². The van der Waals surface area contributed by atoms with Gasteiger partial charge < -0.3 is 20.7 Å². The SMILES string of the molecule is CCNCc1cccc(NC(=O)c2ccc([N+](=O)[O-])n2C)c1. The van der Waals surface area contributed by atoms with Crippen molar-refractivity contribution in [3.05, 3.63) is 57.8 Å². The first-order chi connectivity index (χ1) is 10.5. The fourth-order valence-corrected chi connectivity index (χ4v) is 2.14. The number of nitrogens with zero attached hydrogens (tertiary/aromatic N) is 2. The summed E-state index contributed by atoms with van der Waals surface area (Å²) in [5, 5.41) is 16.8. The van der Waals surface area contributed by atoms with E-state index in [4.69, 9.17) is 0 Å². The van der Waals surface area contributed by atoms with Crippen molar-refractivity contribution in [3.63, 3.8) is 0 Å². The van der Waals surface area contributed by atoms with Crippen molar-refractivity contribution in [3.8, 4) is 0 Å². The molecule has 2 N–H and O–H groups in total. The topological polar surface area (TPSA) is 89.2 Å². The molecule has 0 aliphatic rings. The summed E-state index contributed by atoms with van der Waals surface area (Å²) in [6.07, 6.45) is 0. The number of aromatic nitrogens is 1. The van der Waals surface area contributed by atoms with Crippen LogP contribution in [0.2, 0.25) is 0 Å². The molecule has 22 heavy (non-hydrogen) atoms. The minimum Gasteiger partial charge on any atom is -0.358 e. The summed E-state index contributed by atoms with van der Waals surface area (Å²) in [6, 6.07) is 10.2. The second kappa shape index (κ2) is 6.86. The molecule has 0 unspecified atom stereocenters. The third-order valence-corrected chi connectivity index (χ3v) is 3.28. The number of nitrogens with one attached hydrogen (secondary N) is 2. The maximum atomic E-state index is 12.2. The quantitative estimate of drug-likeness (QED) is 0.633. The number of anilines is 1. The molecular formula is C15H18N4O3. The zero-order valence-corrected chi connectivity index (χ0v) is 12.5. The van der Waals surface area contributed by atoms with Gasteiger partial charge in [0.2, 0.25) is 0 Å². The molecule has 1 amide bonds. The Hall–Kier alpha value is -2.67. The molecule has 0 atom stereocenters. The van der Waals surface area contributed by atoms with Crippen molar-refractivity contribution in [1.82, 2.24) is 9.88 Å². The molecule has 0 radical (unpaired) electrons. The third kappa shape index (κ3) is 3.50. The van der Waals surface area contributed by atoms with E-state index in [1.165, 1.54) is 23.7 Å². The van der Waals surface area contributed by atoms with Crippen LogP contribution >= 0.6 is 0 Å². The van der Waals surface area contributed by atoms with Crippen LogP contribution in [-0.2, 0) is 13.6 Å². The van der Waals surface area contributed by atoms with Crippen molar-refractivity contribution in [1.29, 1.82) is 0 Å². The van der Waals surface area contributed by atoms with E-state index in [9.17, 15) is 14.9 Å². The van der Waals surface area contributed by atoms with Crippen LogP contribution in [0.25, 0.3) is 0 Å². The van der Waals surface area contributed by atoms with Crippen LogP contribution < -0.4 is 10.6 Å². The first-order valence-corrected chi connectivity index (χ1v) is 6.94. The van der Waals surface area contributed by atoms with Crippen molar-refractivity contribution >= 4 is 17.4 Å². The molecule has 0 saturated heterocycles. The van der Waals surface area contributed by atoms with Gasteiger partial charge in [0.05, 0.1) is 7.05 Å². The molecule has 1 aromatic carbocycles. The van der Waals surface area contributed by atoms with Crippen molar-refractivity contribution in [2.24, 2.45) is 7.05 Å². The van der Waals surface area contributed by atoms with Gasteiger partial charge in [0.15, 0.2) is 5.69 Å². The van der Waals surface area contributed by atoms with Gasteiger partial charge in [-0.3, -0.25) is 4.79 Å². The van der Waals surface area contributed by atoms with Crippen molar-refractivity contribution in [2.75, 3.05) is 11.9 Å². The molecule has 116 valence electrons. The molecule has 0 aliphatic heterocycles. The van der Waals surface area contributed by atoms with E-state index in [0.29, 0.717) is 5.69 Å². The Labute approximate surface area is 128 Å². The number of hydrogen-bond donors (Lipinski definition) is 2. The average molecular weight is 302 g/mol. The van der Waals surface area contributed by atoms with E-state index in [1.54, 1.807) is 6.07 Å². The van der Waals surface area contributed by atoms with Crippen LogP contribution in [0.4, 0.5) is 11.5 Å². The average Bonchev–Trinajstić information content (AvgIpc) is 2.87. The van der Waals surface area contributed by atoms with Gasteiger partial charge >= 0.3 is 5.82 Å². The Balaban J connectivity index is 2.13. The number of benzene rings is 1. The van der Waals surface area contributed by atoms with Crippen LogP contribution in [0.15, 0.2) is 36.4 Å². The van der Waals surface area contributed by atoms with Gasteiger partial charge in [0, 0.05) is 18.3 Å². The van der Waals surface area contributed by atoms with Gasteiger partial charge in [-0.05, 0) is 35.2 Å². The number of hydrogen-bond acceptors (Lipinski definition) is 4. The van der Waals surface area contributed by atoms with E-state index in [2.05, 4.69) is 10.6 Å². The van der Waals surface area contributed by atoms with Crippen molar-refractivity contribution in [2.45, 2.75) is 13.5 Å². The largest absolute Gasteiger partial charge is 0.358 e. The fourth-order valence-electron chi connectivity index (χ4n) is 2.14. The Kier molecular flexibility index (Phi) is 4.90. The molecule has 0 saturated carbocycles. The molecule has 1 aromatic heterocycles. The molecular weight excluding hydrogens is 284 g/mol. The number of amides is 1. The normalized spacial score (nSPS) is 10.5. The summed E-state index contributed by atoms with van der Waals surface area (Å²) in [5.74, 6) is -0.498. The number of nitro groups is 1. The van der Waals surface area contributed by atoms with Crippen LogP contribution in [0.1, 0.15) is 23.0 Å². The standard InChI is InChI=1S/C15H18N4O3/c1-3-16-10-11-5-4-6-12(9-11)17-15(20)13-7-8-14(18(13)2)19(21)22/h4-9,16H,3,10H2,1-2H3,(H,17,20). The lowest BCUT2D eigenvalue weighted by atomic mass is 10.2. The maximum Gasteiger partial charge on any atom is 0.323 e. The molecule has 7 heteroatoms. The molecule has 0 aliphatic carbocycles. The van der Waals surface area contributed by atoms with Crippen molar-refractivity contribution < 1.29 is 9.72 Å². The van der Waals surface area contributed by atoms with Crippen LogP contribution in [-0.4, -0.2) is 21.9 Å². The summed E-state index contributed by atoms with van der Waals surface area (Å²) >= 11 is 0. The highest BCUT2D eigenvalue weighted by atomic mass is 16.6. The Bertz CT molecular complexity index is 694. The maximum absolute atomic E-state index is 12.2. The second-order valence-electron chi connectivity index (χ2n) is 4.83. The molecule has 2 rings (SSSR count). The van der Waals surface area contributed by atoms with E-state index in [0.717, 1.165) is 18.7 Å². The summed E-state index contributed by atoms with van der Waals surface area (Å²) in [7, 11) is 1.49. The number of carbonyl (C=O) groups is 1. The molecule has 0 fully saturated rings. The highest BCUT2D eigenvalue weighted by Crippen LogP contribution is 2.17. The second-order valence-corrected chi connectivity index (χ2v) is 4.83. The molecule has 7 nitrogen and oxygen atoms in total. The highest BCUT2D eigenvalue weighted by molar-refractivity contribution is 6.03. The van der Waals surface area contributed by atoms with E-state index in [1.807, 2.05) is 25.1 Å². The number of carbonyl (C=O) groups excluding carboxylic acids is 1. The van der Waals surface area contributed by atoms with Gasteiger partial charge in [-0.1, -0.05) is 19.1 Å². The van der Waals surface area contributed by atoms with E-state index < -0.39 is 4.92 Å². The lowest BCUT2D eigenvalue weighted by Gasteiger charge is -2.07. The lowest BCUT2D eigenvalue weighted by Crippen LogP contribution is -2.17. The highest BCUT2D eigenvalue weighted by Gasteiger charge is 2.20.